The number of hydrogen-bond acceptors (Lipinski definition) is 5. The van der Waals surface area contributed by atoms with Gasteiger partial charge in [-0.2, -0.15) is 0 Å². The van der Waals surface area contributed by atoms with Crippen molar-refractivity contribution in [1.29, 1.82) is 0 Å². The molecule has 1 heterocycles. The minimum absolute atomic E-state index is 0.884. The highest BCUT2D eigenvalue weighted by molar-refractivity contribution is 5.58. The zero-order chi connectivity index (χ0) is 14.3. The second-order valence-electron chi connectivity index (χ2n) is 5.03. The van der Waals surface area contributed by atoms with E-state index in [1.165, 1.54) is 5.56 Å². The maximum atomic E-state index is 4.47. The highest BCUT2D eigenvalue weighted by Gasteiger charge is 2.13. The van der Waals surface area contributed by atoms with Crippen LogP contribution in [-0.2, 0) is 6.42 Å². The van der Waals surface area contributed by atoms with E-state index in [9.17, 15) is 0 Å². The van der Waals surface area contributed by atoms with Gasteiger partial charge in [0.15, 0.2) is 0 Å². The molecule has 0 aromatic carbocycles. The second kappa shape index (κ2) is 7.94. The molecule has 0 bridgehead atoms. The second-order valence-corrected chi connectivity index (χ2v) is 5.03. The molecule has 0 aliphatic carbocycles. The van der Waals surface area contributed by atoms with Crippen LogP contribution in [0.15, 0.2) is 6.33 Å². The molecule has 5 nitrogen and oxygen atoms in total. The molecule has 1 rings (SSSR count). The van der Waals surface area contributed by atoms with E-state index in [1.807, 2.05) is 0 Å². The quantitative estimate of drug-likeness (QED) is 0.777. The van der Waals surface area contributed by atoms with Gasteiger partial charge in [-0.15, -0.1) is 0 Å². The fourth-order valence-corrected chi connectivity index (χ4v) is 1.99. The molecule has 0 saturated carbocycles. The first-order valence-electron chi connectivity index (χ1n) is 7.03. The van der Waals surface area contributed by atoms with Crippen LogP contribution in [0.1, 0.15) is 25.8 Å². The molecule has 1 aromatic rings. The molecule has 0 aliphatic rings. The Labute approximate surface area is 117 Å². The van der Waals surface area contributed by atoms with Crippen LogP contribution in [0.3, 0.4) is 0 Å². The van der Waals surface area contributed by atoms with Gasteiger partial charge in [0.25, 0.3) is 0 Å². The van der Waals surface area contributed by atoms with Crippen molar-refractivity contribution in [2.45, 2.75) is 26.7 Å². The molecule has 5 heteroatoms. The van der Waals surface area contributed by atoms with Crippen LogP contribution in [0.5, 0.6) is 0 Å². The van der Waals surface area contributed by atoms with Crippen molar-refractivity contribution in [3.8, 4) is 0 Å². The van der Waals surface area contributed by atoms with Gasteiger partial charge in [0.2, 0.25) is 0 Å². The number of nitrogens with zero attached hydrogens (tertiary/aromatic N) is 4. The van der Waals surface area contributed by atoms with Crippen molar-refractivity contribution in [3.05, 3.63) is 11.9 Å². The van der Waals surface area contributed by atoms with E-state index in [2.05, 4.69) is 60.1 Å². The van der Waals surface area contributed by atoms with E-state index in [0.29, 0.717) is 0 Å². The summed E-state index contributed by atoms with van der Waals surface area (Å²) in [6.07, 6.45) is 3.75. The van der Waals surface area contributed by atoms with E-state index < -0.39 is 0 Å². The van der Waals surface area contributed by atoms with Crippen LogP contribution in [0.4, 0.5) is 11.6 Å². The molecular formula is C14H27N5. The molecule has 1 aromatic heterocycles. The van der Waals surface area contributed by atoms with Crippen molar-refractivity contribution in [2.24, 2.45) is 0 Å². The lowest BCUT2D eigenvalue weighted by Gasteiger charge is -2.24. The number of nitrogens with one attached hydrogen (secondary N) is 1. The molecule has 0 unspecified atom stereocenters. The van der Waals surface area contributed by atoms with Gasteiger partial charge in [0, 0.05) is 32.2 Å². The Morgan fingerprint density at radius 1 is 1.11 bits per heavy atom. The molecule has 0 saturated heterocycles. The summed E-state index contributed by atoms with van der Waals surface area (Å²) in [6, 6.07) is 0. The molecule has 19 heavy (non-hydrogen) atoms. The number of anilines is 2. The smallest absolute Gasteiger partial charge is 0.137 e. The summed E-state index contributed by atoms with van der Waals surface area (Å²) >= 11 is 0. The Balaban J connectivity index is 2.93. The molecule has 0 spiro atoms. The summed E-state index contributed by atoms with van der Waals surface area (Å²) in [5, 5.41) is 3.33. The fraction of sp³-hybridized carbons (Fsp3) is 0.714. The summed E-state index contributed by atoms with van der Waals surface area (Å²) in [5.41, 5.74) is 1.23. The van der Waals surface area contributed by atoms with E-state index in [-0.39, 0.29) is 0 Å². The number of hydrogen-bond donors (Lipinski definition) is 1. The van der Waals surface area contributed by atoms with Gasteiger partial charge in [-0.3, -0.25) is 0 Å². The highest BCUT2D eigenvalue weighted by Crippen LogP contribution is 2.24. The van der Waals surface area contributed by atoms with Gasteiger partial charge < -0.3 is 15.1 Å². The summed E-state index contributed by atoms with van der Waals surface area (Å²) in [4.78, 5) is 13.2. The largest absolute Gasteiger partial charge is 0.370 e. The molecule has 0 atom stereocenters. The van der Waals surface area contributed by atoms with Crippen LogP contribution in [0, 0.1) is 0 Å². The van der Waals surface area contributed by atoms with Crippen LogP contribution >= 0.6 is 0 Å². The summed E-state index contributed by atoms with van der Waals surface area (Å²) in [5.74, 6) is 2.03. The normalized spacial score (nSPS) is 10.8. The highest BCUT2D eigenvalue weighted by atomic mass is 15.2. The Morgan fingerprint density at radius 3 is 2.42 bits per heavy atom. The van der Waals surface area contributed by atoms with E-state index >= 15 is 0 Å². The third-order valence-electron chi connectivity index (χ3n) is 3.01. The third-order valence-corrected chi connectivity index (χ3v) is 3.01. The van der Waals surface area contributed by atoms with Gasteiger partial charge in [0.1, 0.15) is 18.0 Å². The fourth-order valence-electron chi connectivity index (χ4n) is 1.99. The number of rotatable bonds is 8. The SMILES string of the molecule is CCCc1c(NCC)ncnc1N(C)CCN(C)C. The maximum Gasteiger partial charge on any atom is 0.137 e. The summed E-state index contributed by atoms with van der Waals surface area (Å²) in [6.45, 7) is 7.14. The van der Waals surface area contributed by atoms with Crippen molar-refractivity contribution in [3.63, 3.8) is 0 Å². The molecular weight excluding hydrogens is 238 g/mol. The summed E-state index contributed by atoms with van der Waals surface area (Å²) < 4.78 is 0. The van der Waals surface area contributed by atoms with Crippen LogP contribution in [-0.4, -0.2) is 55.6 Å². The third kappa shape index (κ3) is 4.67. The Hall–Kier alpha value is -1.36. The summed E-state index contributed by atoms with van der Waals surface area (Å²) in [7, 11) is 6.27. The van der Waals surface area contributed by atoms with Gasteiger partial charge >= 0.3 is 0 Å². The van der Waals surface area contributed by atoms with Crippen LogP contribution in [0.2, 0.25) is 0 Å². The Morgan fingerprint density at radius 2 is 1.84 bits per heavy atom. The van der Waals surface area contributed by atoms with Gasteiger partial charge in [-0.05, 0) is 27.4 Å². The van der Waals surface area contributed by atoms with E-state index in [1.54, 1.807) is 6.33 Å². The zero-order valence-corrected chi connectivity index (χ0v) is 12.9. The molecule has 0 radical (unpaired) electrons. The molecule has 1 N–H and O–H groups in total. The first-order valence-corrected chi connectivity index (χ1v) is 7.03. The van der Waals surface area contributed by atoms with Crippen molar-refractivity contribution >= 4 is 11.6 Å². The number of aromatic nitrogens is 2. The van der Waals surface area contributed by atoms with E-state index in [4.69, 9.17) is 0 Å². The van der Waals surface area contributed by atoms with Crippen LogP contribution in [0.25, 0.3) is 0 Å². The molecule has 0 fully saturated rings. The standard InChI is InChI=1S/C14H27N5/c1-6-8-12-13(15-7-2)16-11-17-14(12)19(5)10-9-18(3)4/h11H,6-10H2,1-5H3,(H,15,16,17). The Bertz CT molecular complexity index is 378. The van der Waals surface area contributed by atoms with E-state index in [0.717, 1.165) is 44.1 Å². The monoisotopic (exact) mass is 265 g/mol. The number of likely N-dealkylation sites (N-methyl/N-ethyl adjacent to an activating group) is 2. The average Bonchev–Trinajstić information content (AvgIpc) is 2.38. The van der Waals surface area contributed by atoms with Crippen molar-refractivity contribution in [2.75, 3.05) is 51.0 Å². The van der Waals surface area contributed by atoms with Gasteiger partial charge in [-0.25, -0.2) is 9.97 Å². The minimum atomic E-state index is 0.884. The zero-order valence-electron chi connectivity index (χ0n) is 12.9. The minimum Gasteiger partial charge on any atom is -0.370 e. The molecule has 108 valence electrons. The lowest BCUT2D eigenvalue weighted by molar-refractivity contribution is 0.416. The maximum absolute atomic E-state index is 4.47. The van der Waals surface area contributed by atoms with Gasteiger partial charge in [0.05, 0.1) is 0 Å². The van der Waals surface area contributed by atoms with Crippen LogP contribution < -0.4 is 10.2 Å². The first-order chi connectivity index (χ1) is 9.10. The van der Waals surface area contributed by atoms with Crippen molar-refractivity contribution < 1.29 is 0 Å². The topological polar surface area (TPSA) is 44.3 Å². The average molecular weight is 265 g/mol. The lowest BCUT2D eigenvalue weighted by atomic mass is 10.1. The van der Waals surface area contributed by atoms with Crippen molar-refractivity contribution in [1.82, 2.24) is 14.9 Å². The molecule has 0 amide bonds. The predicted molar refractivity (Wildman–Crippen MR) is 82.0 cm³/mol. The van der Waals surface area contributed by atoms with Gasteiger partial charge in [-0.1, -0.05) is 13.3 Å². The Kier molecular flexibility index (Phi) is 6.56. The molecule has 0 aliphatic heterocycles. The predicted octanol–water partition coefficient (Wildman–Crippen LogP) is 1.86. The first kappa shape index (κ1) is 15.7. The lowest BCUT2D eigenvalue weighted by Crippen LogP contribution is -2.30.